The monoisotopic (exact) mass is 499 g/mol. The predicted molar refractivity (Wildman–Crippen MR) is 145 cm³/mol. The zero-order chi connectivity index (χ0) is 26.5. The van der Waals surface area contributed by atoms with Crippen LogP contribution >= 0.6 is 0 Å². The highest BCUT2D eigenvalue weighted by Gasteiger charge is 2.22. The van der Waals surface area contributed by atoms with Gasteiger partial charge in [0.25, 0.3) is 5.91 Å². The van der Waals surface area contributed by atoms with Crippen molar-refractivity contribution in [3.05, 3.63) is 89.1 Å². The van der Waals surface area contributed by atoms with Crippen molar-refractivity contribution in [2.24, 2.45) is 0 Å². The van der Waals surface area contributed by atoms with E-state index in [-0.39, 0.29) is 5.91 Å². The number of aryl methyl sites for hydroxylation is 2. The molecule has 0 bridgehead atoms. The summed E-state index contributed by atoms with van der Waals surface area (Å²) in [4.78, 5) is 15.5. The fraction of sp³-hybridized carbons (Fsp3) is 0.267. The number of aromatic nitrogens is 2. The van der Waals surface area contributed by atoms with E-state index in [0.29, 0.717) is 30.2 Å². The number of rotatable bonds is 9. The van der Waals surface area contributed by atoms with Crippen LogP contribution < -0.4 is 14.2 Å². The lowest BCUT2D eigenvalue weighted by atomic mass is 10.1. The third-order valence-electron chi connectivity index (χ3n) is 6.44. The van der Waals surface area contributed by atoms with Crippen LogP contribution in [0.2, 0.25) is 0 Å². The molecule has 0 aliphatic carbocycles. The summed E-state index contributed by atoms with van der Waals surface area (Å²) in [5, 5.41) is 4.87. The molecule has 0 saturated carbocycles. The third kappa shape index (κ3) is 5.61. The smallest absolute Gasteiger partial charge is 0.272 e. The molecule has 0 spiro atoms. The van der Waals surface area contributed by atoms with Gasteiger partial charge in [-0.25, -0.2) is 4.68 Å². The lowest BCUT2D eigenvalue weighted by molar-refractivity contribution is 0.0787. The molecular weight excluding hydrogens is 466 g/mol. The second-order valence-corrected chi connectivity index (χ2v) is 9.01. The number of amides is 1. The largest absolute Gasteiger partial charge is 0.497 e. The van der Waals surface area contributed by atoms with E-state index in [1.165, 1.54) is 0 Å². The molecule has 1 amide bonds. The van der Waals surface area contributed by atoms with Gasteiger partial charge in [-0.3, -0.25) is 4.79 Å². The molecular formula is C30H33N3O4. The summed E-state index contributed by atoms with van der Waals surface area (Å²) >= 11 is 0. The van der Waals surface area contributed by atoms with Crippen molar-refractivity contribution in [2.45, 2.75) is 20.3 Å². The van der Waals surface area contributed by atoms with Crippen molar-refractivity contribution < 1.29 is 19.0 Å². The molecule has 0 N–H and O–H groups in total. The van der Waals surface area contributed by atoms with E-state index < -0.39 is 0 Å². The van der Waals surface area contributed by atoms with Crippen molar-refractivity contribution in [2.75, 3.05) is 34.9 Å². The van der Waals surface area contributed by atoms with Gasteiger partial charge in [0.05, 0.1) is 32.7 Å². The van der Waals surface area contributed by atoms with Gasteiger partial charge in [0.2, 0.25) is 0 Å². The summed E-state index contributed by atoms with van der Waals surface area (Å²) in [6.45, 7) is 4.59. The zero-order valence-corrected chi connectivity index (χ0v) is 22.2. The zero-order valence-electron chi connectivity index (χ0n) is 22.2. The molecule has 0 atom stereocenters. The molecule has 0 saturated heterocycles. The number of benzene rings is 3. The van der Waals surface area contributed by atoms with Gasteiger partial charge >= 0.3 is 0 Å². The average molecular weight is 500 g/mol. The Morgan fingerprint density at radius 1 is 0.865 bits per heavy atom. The van der Waals surface area contributed by atoms with Crippen LogP contribution in [0.5, 0.6) is 17.2 Å². The Hall–Kier alpha value is -4.26. The molecule has 37 heavy (non-hydrogen) atoms. The first-order chi connectivity index (χ1) is 17.8. The number of hydrogen-bond acceptors (Lipinski definition) is 5. The molecule has 7 heteroatoms. The number of carbonyl (C=O) groups excluding carboxylic acids is 1. The van der Waals surface area contributed by atoms with Crippen molar-refractivity contribution in [1.82, 2.24) is 14.7 Å². The summed E-state index contributed by atoms with van der Waals surface area (Å²) in [7, 11) is 6.69. The molecule has 7 nitrogen and oxygen atoms in total. The van der Waals surface area contributed by atoms with Crippen molar-refractivity contribution in [1.29, 1.82) is 0 Å². The lowest BCUT2D eigenvalue weighted by Crippen LogP contribution is -2.30. The van der Waals surface area contributed by atoms with Crippen LogP contribution in [0, 0.1) is 13.8 Å². The van der Waals surface area contributed by atoms with Gasteiger partial charge < -0.3 is 19.1 Å². The quantitative estimate of drug-likeness (QED) is 0.304. The average Bonchev–Trinajstić information content (AvgIpc) is 3.37. The summed E-state index contributed by atoms with van der Waals surface area (Å²) in [6, 6.07) is 21.5. The number of ether oxygens (including phenoxy) is 3. The number of likely N-dealkylation sites (N-methyl/N-ethyl adjacent to an activating group) is 1. The Bertz CT molecular complexity index is 1390. The molecule has 0 unspecified atom stereocenters. The minimum atomic E-state index is -0.103. The van der Waals surface area contributed by atoms with Crippen LogP contribution in [-0.2, 0) is 6.42 Å². The van der Waals surface area contributed by atoms with Gasteiger partial charge in [-0.1, -0.05) is 18.2 Å². The summed E-state index contributed by atoms with van der Waals surface area (Å²) in [5.74, 6) is 2.02. The topological polar surface area (TPSA) is 65.8 Å². The van der Waals surface area contributed by atoms with Crippen LogP contribution in [0.3, 0.4) is 0 Å². The van der Waals surface area contributed by atoms with E-state index in [9.17, 15) is 4.79 Å². The Morgan fingerprint density at radius 3 is 2.27 bits per heavy atom. The number of nitrogens with zero attached hydrogens (tertiary/aromatic N) is 3. The molecule has 3 aromatic carbocycles. The molecule has 0 fully saturated rings. The van der Waals surface area contributed by atoms with Crippen LogP contribution in [0.15, 0.2) is 66.7 Å². The van der Waals surface area contributed by atoms with Crippen LogP contribution in [-0.4, -0.2) is 55.5 Å². The van der Waals surface area contributed by atoms with Crippen LogP contribution in [0.1, 0.15) is 27.2 Å². The molecule has 1 aromatic heterocycles. The van der Waals surface area contributed by atoms with E-state index in [0.717, 1.165) is 39.4 Å². The first kappa shape index (κ1) is 25.8. The highest BCUT2D eigenvalue weighted by molar-refractivity contribution is 5.94. The second-order valence-electron chi connectivity index (χ2n) is 9.01. The van der Waals surface area contributed by atoms with Gasteiger partial charge in [-0.15, -0.1) is 0 Å². The first-order valence-corrected chi connectivity index (χ1v) is 12.1. The summed E-state index contributed by atoms with van der Waals surface area (Å²) < 4.78 is 17.8. The summed E-state index contributed by atoms with van der Waals surface area (Å²) in [6.07, 6.45) is 0.672. The molecule has 0 radical (unpaired) electrons. The van der Waals surface area contributed by atoms with Crippen molar-refractivity contribution in [3.8, 4) is 34.2 Å². The highest BCUT2D eigenvalue weighted by atomic mass is 16.5. The van der Waals surface area contributed by atoms with E-state index in [4.69, 9.17) is 19.3 Å². The van der Waals surface area contributed by atoms with Crippen molar-refractivity contribution in [3.63, 3.8) is 0 Å². The van der Waals surface area contributed by atoms with E-state index in [1.807, 2.05) is 69.4 Å². The standard InChI is InChI=1S/C30H33N3O4/c1-20-7-8-21(2)26(17-20)33-27(19-25(31-33)23-10-12-24(35-4)13-11-23)30(34)32(3)16-15-22-9-14-28(36-5)29(18-22)37-6/h7-14,17-19H,15-16H2,1-6H3. The Labute approximate surface area is 218 Å². The van der Waals surface area contributed by atoms with E-state index in [1.54, 1.807) is 30.9 Å². The van der Waals surface area contributed by atoms with Gasteiger partial charge in [0, 0.05) is 19.2 Å². The fourth-order valence-corrected chi connectivity index (χ4v) is 4.20. The fourth-order valence-electron chi connectivity index (χ4n) is 4.20. The minimum Gasteiger partial charge on any atom is -0.497 e. The maximum Gasteiger partial charge on any atom is 0.272 e. The lowest BCUT2D eigenvalue weighted by Gasteiger charge is -2.19. The molecule has 1 heterocycles. The van der Waals surface area contributed by atoms with Gasteiger partial charge in [-0.05, 0) is 85.5 Å². The molecule has 0 aliphatic rings. The van der Waals surface area contributed by atoms with Gasteiger partial charge in [0.15, 0.2) is 11.5 Å². The van der Waals surface area contributed by atoms with Gasteiger partial charge in [-0.2, -0.15) is 5.10 Å². The van der Waals surface area contributed by atoms with Gasteiger partial charge in [0.1, 0.15) is 11.4 Å². The Morgan fingerprint density at radius 2 is 1.59 bits per heavy atom. The van der Waals surface area contributed by atoms with E-state index >= 15 is 0 Å². The van der Waals surface area contributed by atoms with Crippen LogP contribution in [0.25, 0.3) is 16.9 Å². The third-order valence-corrected chi connectivity index (χ3v) is 6.44. The molecule has 192 valence electrons. The number of methoxy groups -OCH3 is 3. The Kier molecular flexibility index (Phi) is 7.82. The molecule has 4 aromatic rings. The maximum atomic E-state index is 13.7. The van der Waals surface area contributed by atoms with Crippen molar-refractivity contribution >= 4 is 5.91 Å². The summed E-state index contributed by atoms with van der Waals surface area (Å²) in [5.41, 5.74) is 6.22. The first-order valence-electron chi connectivity index (χ1n) is 12.1. The normalized spacial score (nSPS) is 10.8. The maximum absolute atomic E-state index is 13.7. The van der Waals surface area contributed by atoms with Crippen LogP contribution in [0.4, 0.5) is 0 Å². The number of carbonyl (C=O) groups is 1. The SMILES string of the molecule is COc1ccc(-c2cc(C(=O)N(C)CCc3ccc(OC)c(OC)c3)n(-c3cc(C)ccc3C)n2)cc1. The Balaban J connectivity index is 1.65. The minimum absolute atomic E-state index is 0.103. The molecule has 0 aliphatic heterocycles. The highest BCUT2D eigenvalue weighted by Crippen LogP contribution is 2.29. The molecule has 4 rings (SSSR count). The second kappa shape index (κ2) is 11.2. The van der Waals surface area contributed by atoms with E-state index in [2.05, 4.69) is 18.2 Å². The number of hydrogen-bond donors (Lipinski definition) is 0. The predicted octanol–water partition coefficient (Wildman–Crippen LogP) is 5.50.